The van der Waals surface area contributed by atoms with E-state index in [1.807, 2.05) is 60.7 Å². The van der Waals surface area contributed by atoms with Gasteiger partial charge in [-0.15, -0.1) is 0 Å². The van der Waals surface area contributed by atoms with Crippen LogP contribution in [0.25, 0.3) is 0 Å². The van der Waals surface area contributed by atoms with Crippen LogP contribution in [0, 0.1) is 0 Å². The second-order valence-corrected chi connectivity index (χ2v) is 9.79. The van der Waals surface area contributed by atoms with Crippen molar-refractivity contribution >= 4 is 29.0 Å². The summed E-state index contributed by atoms with van der Waals surface area (Å²) in [4.78, 5) is 12.7. The van der Waals surface area contributed by atoms with Crippen molar-refractivity contribution in [3.8, 4) is 23.0 Å². The molecule has 0 aromatic heterocycles. The molecule has 0 aliphatic rings. The average Bonchev–Trinajstić information content (AvgIpc) is 2.93. The standard InChI is InChI=1S/C31H30Cl2N2O3/c32-25-5-13-28(14-6-25)37-30-11-3-21(23(17-30)19-34)1-9-27(36)10-2-22-4-12-31(18-24(22)20-35)38-29-15-7-26(33)8-16-29/h3-8,11-18H,1-2,9-10,19-20,34-35H2. The van der Waals surface area contributed by atoms with Crippen LogP contribution in [0.4, 0.5) is 0 Å². The Hall–Kier alpha value is -3.35. The molecule has 0 radical (unpaired) electrons. The van der Waals surface area contributed by atoms with Crippen LogP contribution in [-0.4, -0.2) is 5.78 Å². The summed E-state index contributed by atoms with van der Waals surface area (Å²) in [6, 6.07) is 26.0. The summed E-state index contributed by atoms with van der Waals surface area (Å²) >= 11 is 11.9. The third kappa shape index (κ3) is 7.83. The van der Waals surface area contributed by atoms with Gasteiger partial charge in [-0.2, -0.15) is 0 Å². The van der Waals surface area contributed by atoms with Crippen LogP contribution >= 0.6 is 23.2 Å². The third-order valence-electron chi connectivity index (χ3n) is 6.24. The molecule has 5 nitrogen and oxygen atoms in total. The maximum Gasteiger partial charge on any atom is 0.133 e. The Morgan fingerprint density at radius 2 is 0.921 bits per heavy atom. The van der Waals surface area contributed by atoms with E-state index >= 15 is 0 Å². The molecule has 4 aromatic carbocycles. The molecule has 4 N–H and O–H groups in total. The fraction of sp³-hybridized carbons (Fsp3) is 0.194. The number of rotatable bonds is 12. The predicted molar refractivity (Wildman–Crippen MR) is 153 cm³/mol. The number of aryl methyl sites for hydroxylation is 2. The number of ketones is 1. The SMILES string of the molecule is NCc1cc(Oc2ccc(Cl)cc2)ccc1CCC(=O)CCc1ccc(Oc2ccc(Cl)cc2)cc1CN. The quantitative estimate of drug-likeness (QED) is 0.190. The van der Waals surface area contributed by atoms with Gasteiger partial charge in [0.1, 0.15) is 28.8 Å². The summed E-state index contributed by atoms with van der Waals surface area (Å²) in [5.41, 5.74) is 16.0. The van der Waals surface area contributed by atoms with Crippen molar-refractivity contribution in [3.05, 3.63) is 117 Å². The summed E-state index contributed by atoms with van der Waals surface area (Å²) in [5, 5.41) is 1.30. The zero-order valence-corrected chi connectivity index (χ0v) is 22.5. The van der Waals surface area contributed by atoms with Gasteiger partial charge in [0, 0.05) is 36.0 Å². The van der Waals surface area contributed by atoms with Gasteiger partial charge in [-0.05, 0) is 108 Å². The molecule has 0 bridgehead atoms. The van der Waals surface area contributed by atoms with Gasteiger partial charge >= 0.3 is 0 Å². The lowest BCUT2D eigenvalue weighted by atomic mass is 9.97. The van der Waals surface area contributed by atoms with Gasteiger partial charge in [0.2, 0.25) is 0 Å². The minimum Gasteiger partial charge on any atom is -0.457 e. The van der Waals surface area contributed by atoms with E-state index in [1.54, 1.807) is 24.3 Å². The molecule has 0 spiro atoms. The lowest BCUT2D eigenvalue weighted by Crippen LogP contribution is -2.08. The molecule has 0 aliphatic heterocycles. The van der Waals surface area contributed by atoms with Crippen molar-refractivity contribution < 1.29 is 14.3 Å². The molecule has 38 heavy (non-hydrogen) atoms. The van der Waals surface area contributed by atoms with Crippen LogP contribution in [0.3, 0.4) is 0 Å². The van der Waals surface area contributed by atoms with E-state index < -0.39 is 0 Å². The molecular formula is C31H30Cl2N2O3. The molecule has 0 saturated carbocycles. The maximum absolute atomic E-state index is 12.7. The zero-order chi connectivity index (χ0) is 26.9. The Morgan fingerprint density at radius 3 is 1.29 bits per heavy atom. The van der Waals surface area contributed by atoms with Crippen LogP contribution in [0.15, 0.2) is 84.9 Å². The number of Topliss-reactive ketones (excluding diaryl/α,β-unsaturated/α-hetero) is 1. The molecule has 0 aliphatic carbocycles. The summed E-state index contributed by atoms with van der Waals surface area (Å²) < 4.78 is 11.8. The lowest BCUT2D eigenvalue weighted by molar-refractivity contribution is -0.119. The molecule has 0 unspecified atom stereocenters. The molecule has 0 fully saturated rings. The first kappa shape index (κ1) is 27.7. The van der Waals surface area contributed by atoms with Crippen LogP contribution in [-0.2, 0) is 30.7 Å². The van der Waals surface area contributed by atoms with E-state index in [1.165, 1.54) is 0 Å². The smallest absolute Gasteiger partial charge is 0.133 e. The summed E-state index contributed by atoms with van der Waals surface area (Å²) in [7, 11) is 0. The Kier molecular flexibility index (Phi) is 9.79. The minimum atomic E-state index is 0.193. The molecule has 4 aromatic rings. The second-order valence-electron chi connectivity index (χ2n) is 8.92. The summed E-state index contributed by atoms with van der Waals surface area (Å²) in [5.74, 6) is 2.98. The first-order valence-electron chi connectivity index (χ1n) is 12.5. The first-order chi connectivity index (χ1) is 18.4. The molecule has 4 rings (SSSR count). The Morgan fingerprint density at radius 1 is 0.553 bits per heavy atom. The highest BCUT2D eigenvalue weighted by Gasteiger charge is 2.11. The number of nitrogens with two attached hydrogens (primary N) is 2. The van der Waals surface area contributed by atoms with Crippen molar-refractivity contribution in [2.45, 2.75) is 38.8 Å². The fourth-order valence-electron chi connectivity index (χ4n) is 4.15. The number of halogens is 2. The van der Waals surface area contributed by atoms with Gasteiger partial charge in [0.25, 0.3) is 0 Å². The normalized spacial score (nSPS) is 10.8. The number of hydrogen-bond donors (Lipinski definition) is 2. The predicted octanol–water partition coefficient (Wildman–Crippen LogP) is 7.63. The van der Waals surface area contributed by atoms with E-state index in [4.69, 9.17) is 44.1 Å². The van der Waals surface area contributed by atoms with Gasteiger partial charge in [0.15, 0.2) is 0 Å². The van der Waals surface area contributed by atoms with E-state index in [9.17, 15) is 4.79 Å². The Bertz CT molecular complexity index is 1270. The number of benzene rings is 4. The first-order valence-corrected chi connectivity index (χ1v) is 13.2. The average molecular weight is 549 g/mol. The van der Waals surface area contributed by atoms with Gasteiger partial charge in [-0.3, -0.25) is 4.79 Å². The third-order valence-corrected chi connectivity index (χ3v) is 6.74. The van der Waals surface area contributed by atoms with Crippen LogP contribution in [0.1, 0.15) is 35.1 Å². The van der Waals surface area contributed by atoms with Crippen molar-refractivity contribution in [1.82, 2.24) is 0 Å². The van der Waals surface area contributed by atoms with Crippen LogP contribution in [0.2, 0.25) is 10.0 Å². The molecule has 0 heterocycles. The number of carbonyl (C=O) groups excluding carboxylic acids is 1. The lowest BCUT2D eigenvalue weighted by Gasteiger charge is -2.13. The maximum atomic E-state index is 12.7. The highest BCUT2D eigenvalue weighted by molar-refractivity contribution is 6.30. The molecule has 0 atom stereocenters. The highest BCUT2D eigenvalue weighted by atomic mass is 35.5. The molecule has 0 amide bonds. The fourth-order valence-corrected chi connectivity index (χ4v) is 4.40. The van der Waals surface area contributed by atoms with E-state index in [2.05, 4.69) is 0 Å². The van der Waals surface area contributed by atoms with Gasteiger partial charge in [0.05, 0.1) is 0 Å². The van der Waals surface area contributed by atoms with Crippen molar-refractivity contribution in [1.29, 1.82) is 0 Å². The van der Waals surface area contributed by atoms with E-state index in [0.29, 0.717) is 71.8 Å². The van der Waals surface area contributed by atoms with Gasteiger partial charge in [-0.25, -0.2) is 0 Å². The van der Waals surface area contributed by atoms with Crippen molar-refractivity contribution in [2.75, 3.05) is 0 Å². The van der Waals surface area contributed by atoms with Crippen molar-refractivity contribution in [3.63, 3.8) is 0 Å². The molecule has 7 heteroatoms. The van der Waals surface area contributed by atoms with Crippen molar-refractivity contribution in [2.24, 2.45) is 11.5 Å². The largest absolute Gasteiger partial charge is 0.457 e. The molecule has 196 valence electrons. The Balaban J connectivity index is 1.31. The van der Waals surface area contributed by atoms with Crippen LogP contribution in [0.5, 0.6) is 23.0 Å². The number of ether oxygens (including phenoxy) is 2. The molecular weight excluding hydrogens is 519 g/mol. The Labute approximate surface area is 233 Å². The summed E-state index contributed by atoms with van der Waals surface area (Å²) in [6.45, 7) is 0.733. The van der Waals surface area contributed by atoms with E-state index in [-0.39, 0.29) is 5.78 Å². The number of carbonyl (C=O) groups is 1. The summed E-state index contributed by atoms with van der Waals surface area (Å²) in [6.07, 6.45) is 2.15. The highest BCUT2D eigenvalue weighted by Crippen LogP contribution is 2.27. The van der Waals surface area contributed by atoms with Crippen LogP contribution < -0.4 is 20.9 Å². The monoisotopic (exact) mass is 548 g/mol. The van der Waals surface area contributed by atoms with Gasteiger partial charge in [-0.1, -0.05) is 35.3 Å². The molecule has 0 saturated heterocycles. The van der Waals surface area contributed by atoms with Gasteiger partial charge < -0.3 is 20.9 Å². The topological polar surface area (TPSA) is 87.6 Å². The van der Waals surface area contributed by atoms with E-state index in [0.717, 1.165) is 22.3 Å². The zero-order valence-electron chi connectivity index (χ0n) is 21.0. The number of hydrogen-bond acceptors (Lipinski definition) is 5. The second kappa shape index (κ2) is 13.4. The minimum absolute atomic E-state index is 0.193.